The molecule has 0 saturated carbocycles. The number of nitrogens with zero attached hydrogens (tertiary/aromatic N) is 3. The summed E-state index contributed by atoms with van der Waals surface area (Å²) in [5, 5.41) is 3.60. The first kappa shape index (κ1) is 22.2. The summed E-state index contributed by atoms with van der Waals surface area (Å²) in [4.78, 5) is 9.46. The molecule has 0 aromatic rings. The molecule has 3 fully saturated rings. The van der Waals surface area contributed by atoms with Crippen molar-refractivity contribution in [1.29, 1.82) is 0 Å². The Bertz CT molecular complexity index is 437. The van der Waals surface area contributed by atoms with Crippen LogP contribution in [0, 0.1) is 5.92 Å². The van der Waals surface area contributed by atoms with Gasteiger partial charge >= 0.3 is 0 Å². The Morgan fingerprint density at radius 2 is 1.85 bits per heavy atom. The lowest BCUT2D eigenvalue weighted by Gasteiger charge is -2.38. The SMILES string of the molecule is CN=C(NCC(C)N1CCC(C)CC1)N1CCOC(C2CCCO2)C1.I. The number of nitrogens with one attached hydrogen (secondary N) is 1. The van der Waals surface area contributed by atoms with E-state index in [4.69, 9.17) is 9.47 Å². The van der Waals surface area contributed by atoms with E-state index < -0.39 is 0 Å². The lowest BCUT2D eigenvalue weighted by atomic mass is 9.98. The van der Waals surface area contributed by atoms with Gasteiger partial charge in [0.15, 0.2) is 5.96 Å². The number of likely N-dealkylation sites (tertiary alicyclic amines) is 1. The van der Waals surface area contributed by atoms with Crippen LogP contribution in [0.4, 0.5) is 0 Å². The predicted octanol–water partition coefficient (Wildman–Crippen LogP) is 2.18. The molecule has 26 heavy (non-hydrogen) atoms. The van der Waals surface area contributed by atoms with Gasteiger partial charge in [0.05, 0.1) is 12.7 Å². The molecule has 6 nitrogen and oxygen atoms in total. The van der Waals surface area contributed by atoms with E-state index in [-0.39, 0.29) is 36.2 Å². The van der Waals surface area contributed by atoms with Crippen molar-refractivity contribution >= 4 is 29.9 Å². The molecule has 0 bridgehead atoms. The molecule has 3 rings (SSSR count). The van der Waals surface area contributed by atoms with Crippen LogP contribution >= 0.6 is 24.0 Å². The van der Waals surface area contributed by atoms with Gasteiger partial charge in [-0.05, 0) is 51.6 Å². The highest BCUT2D eigenvalue weighted by Gasteiger charge is 2.32. The summed E-state index contributed by atoms with van der Waals surface area (Å²) in [5.74, 6) is 1.88. The summed E-state index contributed by atoms with van der Waals surface area (Å²) in [7, 11) is 1.88. The summed E-state index contributed by atoms with van der Waals surface area (Å²) >= 11 is 0. The van der Waals surface area contributed by atoms with Crippen LogP contribution in [-0.4, -0.2) is 87.0 Å². The van der Waals surface area contributed by atoms with Crippen molar-refractivity contribution in [2.45, 2.75) is 57.8 Å². The molecule has 0 radical (unpaired) electrons. The van der Waals surface area contributed by atoms with Gasteiger partial charge < -0.3 is 19.7 Å². The molecule has 3 unspecified atom stereocenters. The summed E-state index contributed by atoms with van der Waals surface area (Å²) in [5.41, 5.74) is 0. The summed E-state index contributed by atoms with van der Waals surface area (Å²) in [6.07, 6.45) is 5.36. The fourth-order valence-electron chi connectivity index (χ4n) is 4.16. The van der Waals surface area contributed by atoms with Crippen molar-refractivity contribution in [1.82, 2.24) is 15.1 Å². The van der Waals surface area contributed by atoms with Gasteiger partial charge in [-0.15, -0.1) is 24.0 Å². The van der Waals surface area contributed by atoms with Crippen LogP contribution in [0.5, 0.6) is 0 Å². The second-order valence-electron chi connectivity index (χ2n) is 7.90. The van der Waals surface area contributed by atoms with Gasteiger partial charge in [-0.3, -0.25) is 9.89 Å². The van der Waals surface area contributed by atoms with E-state index in [1.54, 1.807) is 0 Å². The van der Waals surface area contributed by atoms with Crippen LogP contribution in [0.2, 0.25) is 0 Å². The molecule has 7 heteroatoms. The maximum Gasteiger partial charge on any atom is 0.193 e. The van der Waals surface area contributed by atoms with E-state index in [2.05, 4.69) is 34.0 Å². The van der Waals surface area contributed by atoms with Crippen LogP contribution < -0.4 is 5.32 Å². The summed E-state index contributed by atoms with van der Waals surface area (Å²) in [6, 6.07) is 0.541. The Morgan fingerprint density at radius 3 is 2.50 bits per heavy atom. The van der Waals surface area contributed by atoms with Crippen molar-refractivity contribution in [2.75, 3.05) is 53.0 Å². The minimum Gasteiger partial charge on any atom is -0.375 e. The fourth-order valence-corrected chi connectivity index (χ4v) is 4.16. The first-order valence-electron chi connectivity index (χ1n) is 10.1. The van der Waals surface area contributed by atoms with Crippen molar-refractivity contribution in [3.8, 4) is 0 Å². The summed E-state index contributed by atoms with van der Waals surface area (Å²) < 4.78 is 11.8. The third kappa shape index (κ3) is 5.94. The molecular formula is C19H37IN4O2. The smallest absolute Gasteiger partial charge is 0.193 e. The van der Waals surface area contributed by atoms with Crippen LogP contribution in [-0.2, 0) is 9.47 Å². The molecule has 152 valence electrons. The molecular weight excluding hydrogens is 443 g/mol. The first-order valence-corrected chi connectivity index (χ1v) is 10.1. The molecule has 1 N–H and O–H groups in total. The molecule has 0 amide bonds. The maximum absolute atomic E-state index is 5.96. The number of piperidine rings is 1. The topological polar surface area (TPSA) is 49.3 Å². The number of halogens is 1. The number of ether oxygens (including phenoxy) is 2. The van der Waals surface area contributed by atoms with E-state index in [1.165, 1.54) is 25.9 Å². The Hall–Kier alpha value is -0.120. The van der Waals surface area contributed by atoms with Crippen molar-refractivity contribution < 1.29 is 9.47 Å². The quantitative estimate of drug-likeness (QED) is 0.380. The Balaban J connectivity index is 0.00000243. The molecule has 0 aromatic carbocycles. The number of guanidine groups is 1. The van der Waals surface area contributed by atoms with Gasteiger partial charge in [-0.2, -0.15) is 0 Å². The zero-order valence-corrected chi connectivity index (χ0v) is 19.0. The highest BCUT2D eigenvalue weighted by molar-refractivity contribution is 14.0. The van der Waals surface area contributed by atoms with E-state index in [9.17, 15) is 0 Å². The Labute approximate surface area is 176 Å². The largest absolute Gasteiger partial charge is 0.375 e. The van der Waals surface area contributed by atoms with E-state index >= 15 is 0 Å². The second kappa shape index (κ2) is 11.0. The molecule has 3 aliphatic heterocycles. The fraction of sp³-hybridized carbons (Fsp3) is 0.947. The number of aliphatic imine (C=N–C) groups is 1. The van der Waals surface area contributed by atoms with E-state index in [0.29, 0.717) is 6.04 Å². The zero-order chi connectivity index (χ0) is 17.6. The van der Waals surface area contributed by atoms with E-state index in [1.807, 2.05) is 7.05 Å². The van der Waals surface area contributed by atoms with E-state index in [0.717, 1.165) is 57.6 Å². The van der Waals surface area contributed by atoms with Crippen molar-refractivity contribution in [3.63, 3.8) is 0 Å². The minimum atomic E-state index is 0. The molecule has 0 aromatic heterocycles. The van der Waals surface area contributed by atoms with Crippen molar-refractivity contribution in [2.24, 2.45) is 10.9 Å². The zero-order valence-electron chi connectivity index (χ0n) is 16.7. The average Bonchev–Trinajstić information content (AvgIpc) is 3.18. The number of morpholine rings is 1. The van der Waals surface area contributed by atoms with Gasteiger partial charge in [-0.1, -0.05) is 6.92 Å². The van der Waals surface area contributed by atoms with Crippen LogP contribution in [0.15, 0.2) is 4.99 Å². The lowest BCUT2D eigenvalue weighted by molar-refractivity contribution is -0.0817. The van der Waals surface area contributed by atoms with Crippen LogP contribution in [0.1, 0.15) is 39.5 Å². The Morgan fingerprint density at radius 1 is 1.12 bits per heavy atom. The number of rotatable bonds is 4. The molecule has 0 spiro atoms. The molecule has 3 heterocycles. The van der Waals surface area contributed by atoms with Gasteiger partial charge in [0.1, 0.15) is 6.10 Å². The normalized spacial score (nSPS) is 30.1. The molecule has 0 aliphatic carbocycles. The number of hydrogen-bond acceptors (Lipinski definition) is 4. The second-order valence-corrected chi connectivity index (χ2v) is 7.90. The first-order chi connectivity index (χ1) is 12.2. The molecule has 3 aliphatic rings. The third-order valence-electron chi connectivity index (χ3n) is 5.98. The van der Waals surface area contributed by atoms with Gasteiger partial charge in [0, 0.05) is 39.3 Å². The van der Waals surface area contributed by atoms with Crippen LogP contribution in [0.25, 0.3) is 0 Å². The minimum absolute atomic E-state index is 0. The van der Waals surface area contributed by atoms with Gasteiger partial charge in [0.25, 0.3) is 0 Å². The predicted molar refractivity (Wildman–Crippen MR) is 116 cm³/mol. The maximum atomic E-state index is 5.96. The van der Waals surface area contributed by atoms with Crippen LogP contribution in [0.3, 0.4) is 0 Å². The number of hydrogen-bond donors (Lipinski definition) is 1. The highest BCUT2D eigenvalue weighted by Crippen LogP contribution is 2.21. The van der Waals surface area contributed by atoms with Gasteiger partial charge in [0.2, 0.25) is 0 Å². The Kier molecular flexibility index (Phi) is 9.40. The molecule has 3 atom stereocenters. The lowest BCUT2D eigenvalue weighted by Crippen LogP contribution is -2.55. The average molecular weight is 480 g/mol. The monoisotopic (exact) mass is 480 g/mol. The van der Waals surface area contributed by atoms with Gasteiger partial charge in [-0.25, -0.2) is 0 Å². The third-order valence-corrected chi connectivity index (χ3v) is 5.98. The molecule has 3 saturated heterocycles. The standard InChI is InChI=1S/C19H36N4O2.HI/c1-15-6-8-22(9-7-15)16(2)13-21-19(20-3)23-10-12-25-18(14-23)17-5-4-11-24-17;/h15-18H,4-14H2,1-3H3,(H,20,21);1H. The highest BCUT2D eigenvalue weighted by atomic mass is 127. The summed E-state index contributed by atoms with van der Waals surface area (Å²) in [6.45, 7) is 11.5. The van der Waals surface area contributed by atoms with Crippen molar-refractivity contribution in [3.05, 3.63) is 0 Å².